The molecular formula is C72H137NO5. The molecule has 0 fully saturated rings. The number of carbonyl (C=O) groups is 2. The van der Waals surface area contributed by atoms with Crippen molar-refractivity contribution in [1.82, 2.24) is 5.32 Å². The Morgan fingerprint density at radius 2 is 0.641 bits per heavy atom. The minimum atomic E-state index is -0.666. The van der Waals surface area contributed by atoms with E-state index in [9.17, 15) is 19.8 Å². The van der Waals surface area contributed by atoms with Gasteiger partial charge in [0.15, 0.2) is 0 Å². The van der Waals surface area contributed by atoms with Crippen molar-refractivity contribution in [2.75, 3.05) is 13.2 Å². The third-order valence-electron chi connectivity index (χ3n) is 16.4. The molecule has 0 aromatic carbocycles. The number of hydrogen-bond acceptors (Lipinski definition) is 5. The summed E-state index contributed by atoms with van der Waals surface area (Å²) in [4.78, 5) is 24.6. The Bertz CT molecular complexity index is 1260. The second-order valence-corrected chi connectivity index (χ2v) is 24.2. The lowest BCUT2D eigenvalue weighted by molar-refractivity contribution is -0.143. The van der Waals surface area contributed by atoms with E-state index in [2.05, 4.69) is 55.6 Å². The topological polar surface area (TPSA) is 95.9 Å². The number of unbranched alkanes of at least 4 members (excludes halogenated alkanes) is 49. The predicted octanol–water partition coefficient (Wildman–Crippen LogP) is 22.7. The summed E-state index contributed by atoms with van der Waals surface area (Å²) in [5, 5.41) is 23.4. The molecule has 6 nitrogen and oxygen atoms in total. The van der Waals surface area contributed by atoms with E-state index in [0.29, 0.717) is 25.9 Å². The lowest BCUT2D eigenvalue weighted by Gasteiger charge is -2.22. The molecule has 0 radical (unpaired) electrons. The molecule has 78 heavy (non-hydrogen) atoms. The molecule has 0 aromatic heterocycles. The molecule has 1 amide bonds. The van der Waals surface area contributed by atoms with Gasteiger partial charge in [0.1, 0.15) is 0 Å². The Hall–Kier alpha value is -1.92. The number of rotatable bonds is 66. The Balaban J connectivity index is 3.40. The van der Waals surface area contributed by atoms with E-state index in [-0.39, 0.29) is 18.5 Å². The SMILES string of the molecule is CCCCCCCC/C=C\CCCCCCCC(=O)OCCCCCCCCCCC/C=C\C/C=C\CCCCCCCCCCCCCCCC(=O)NC(CO)C(O)CCCCCCCCCCCCCCCCCCC. The van der Waals surface area contributed by atoms with Gasteiger partial charge in [-0.05, 0) is 83.5 Å². The number of nitrogens with one attached hydrogen (secondary N) is 1. The lowest BCUT2D eigenvalue weighted by atomic mass is 10.0. The zero-order chi connectivity index (χ0) is 56.4. The van der Waals surface area contributed by atoms with Crippen LogP contribution in [-0.4, -0.2) is 47.4 Å². The lowest BCUT2D eigenvalue weighted by Crippen LogP contribution is -2.45. The summed E-state index contributed by atoms with van der Waals surface area (Å²) < 4.78 is 5.48. The van der Waals surface area contributed by atoms with Crippen molar-refractivity contribution < 1.29 is 24.5 Å². The molecule has 3 N–H and O–H groups in total. The highest BCUT2D eigenvalue weighted by atomic mass is 16.5. The first-order valence-corrected chi connectivity index (χ1v) is 35.2. The minimum absolute atomic E-state index is 0.00449. The van der Waals surface area contributed by atoms with E-state index >= 15 is 0 Å². The first kappa shape index (κ1) is 76.1. The summed E-state index contributed by atoms with van der Waals surface area (Å²) in [5.74, 6) is -0.0285. The number of carbonyl (C=O) groups excluding carboxylic acids is 2. The van der Waals surface area contributed by atoms with Crippen LogP contribution in [0, 0.1) is 0 Å². The Kier molecular flexibility index (Phi) is 65.9. The molecule has 460 valence electrons. The molecule has 0 aromatic rings. The fourth-order valence-electron chi connectivity index (χ4n) is 11.0. The fourth-order valence-corrected chi connectivity index (χ4v) is 11.0. The molecule has 0 heterocycles. The van der Waals surface area contributed by atoms with Crippen LogP contribution in [0.4, 0.5) is 0 Å². The van der Waals surface area contributed by atoms with Gasteiger partial charge >= 0.3 is 5.97 Å². The van der Waals surface area contributed by atoms with E-state index in [1.807, 2.05) is 0 Å². The number of allylic oxidation sites excluding steroid dienone is 6. The van der Waals surface area contributed by atoms with E-state index in [4.69, 9.17) is 4.74 Å². The molecular weight excluding hydrogens is 959 g/mol. The predicted molar refractivity (Wildman–Crippen MR) is 343 cm³/mol. The van der Waals surface area contributed by atoms with Crippen molar-refractivity contribution in [3.05, 3.63) is 36.5 Å². The standard InChI is InChI=1S/C72H137NO5/c1-3-5-7-9-11-13-15-17-19-33-37-40-44-48-52-56-60-64-70(75)69(68-74)73-71(76)65-61-57-53-49-45-41-38-34-31-29-27-25-23-21-20-22-24-26-28-30-32-35-39-43-47-51-55-59-63-67-78-72(77)66-62-58-54-50-46-42-36-18-16-14-12-10-8-6-4-2/h18,20,22,26,28,36,69-70,74-75H,3-17,19,21,23-25,27,29-35,37-68H2,1-2H3,(H,73,76)/b22-20-,28-26-,36-18-. The summed E-state index contributed by atoms with van der Waals surface area (Å²) in [6.07, 6.45) is 86.2. The summed E-state index contributed by atoms with van der Waals surface area (Å²) >= 11 is 0. The zero-order valence-electron chi connectivity index (χ0n) is 52.7. The first-order chi connectivity index (χ1) is 38.5. The molecule has 0 aliphatic rings. The van der Waals surface area contributed by atoms with Crippen molar-refractivity contribution in [3.63, 3.8) is 0 Å². The molecule has 0 spiro atoms. The highest BCUT2D eigenvalue weighted by molar-refractivity contribution is 5.76. The van der Waals surface area contributed by atoms with Gasteiger partial charge in [-0.1, -0.05) is 326 Å². The Labute approximate surface area is 487 Å². The van der Waals surface area contributed by atoms with Crippen LogP contribution in [0.25, 0.3) is 0 Å². The van der Waals surface area contributed by atoms with E-state index < -0.39 is 12.1 Å². The summed E-state index contributed by atoms with van der Waals surface area (Å²) in [7, 11) is 0. The first-order valence-electron chi connectivity index (χ1n) is 35.2. The van der Waals surface area contributed by atoms with Crippen molar-refractivity contribution in [2.24, 2.45) is 0 Å². The molecule has 0 rings (SSSR count). The Morgan fingerprint density at radius 3 is 0.987 bits per heavy atom. The maximum Gasteiger partial charge on any atom is 0.305 e. The second-order valence-electron chi connectivity index (χ2n) is 24.2. The Morgan fingerprint density at radius 1 is 0.359 bits per heavy atom. The van der Waals surface area contributed by atoms with Crippen LogP contribution < -0.4 is 5.32 Å². The van der Waals surface area contributed by atoms with Crippen LogP contribution in [0.3, 0.4) is 0 Å². The van der Waals surface area contributed by atoms with Gasteiger partial charge in [0.05, 0.1) is 25.4 Å². The molecule has 2 unspecified atom stereocenters. The van der Waals surface area contributed by atoms with Gasteiger partial charge in [-0.2, -0.15) is 0 Å². The van der Waals surface area contributed by atoms with Crippen LogP contribution >= 0.6 is 0 Å². The third kappa shape index (κ3) is 63.3. The summed E-state index contributed by atoms with van der Waals surface area (Å²) in [6.45, 7) is 4.97. The molecule has 2 atom stereocenters. The van der Waals surface area contributed by atoms with Crippen LogP contribution in [0.2, 0.25) is 0 Å². The maximum absolute atomic E-state index is 12.5. The molecule has 6 heteroatoms. The zero-order valence-corrected chi connectivity index (χ0v) is 52.7. The number of amides is 1. The van der Waals surface area contributed by atoms with Gasteiger partial charge in [0.25, 0.3) is 0 Å². The quantitative estimate of drug-likeness (QED) is 0.0320. The minimum Gasteiger partial charge on any atom is -0.466 e. The van der Waals surface area contributed by atoms with Crippen molar-refractivity contribution in [2.45, 2.75) is 398 Å². The van der Waals surface area contributed by atoms with Gasteiger partial charge in [0.2, 0.25) is 5.91 Å². The number of esters is 1. The number of hydrogen-bond donors (Lipinski definition) is 3. The van der Waals surface area contributed by atoms with Crippen molar-refractivity contribution >= 4 is 11.9 Å². The molecule has 0 saturated carbocycles. The van der Waals surface area contributed by atoms with Crippen LogP contribution in [-0.2, 0) is 14.3 Å². The molecule has 0 bridgehead atoms. The smallest absolute Gasteiger partial charge is 0.305 e. The van der Waals surface area contributed by atoms with Gasteiger partial charge in [-0.3, -0.25) is 9.59 Å². The average Bonchev–Trinajstić information content (AvgIpc) is 3.44. The van der Waals surface area contributed by atoms with E-state index in [1.54, 1.807) is 0 Å². The van der Waals surface area contributed by atoms with Crippen LogP contribution in [0.1, 0.15) is 386 Å². The van der Waals surface area contributed by atoms with Crippen LogP contribution in [0.15, 0.2) is 36.5 Å². The molecule has 0 aliphatic heterocycles. The normalized spacial score (nSPS) is 12.7. The highest BCUT2D eigenvalue weighted by Crippen LogP contribution is 2.18. The van der Waals surface area contributed by atoms with Crippen molar-refractivity contribution in [3.8, 4) is 0 Å². The van der Waals surface area contributed by atoms with Crippen LogP contribution in [0.5, 0.6) is 0 Å². The summed E-state index contributed by atoms with van der Waals surface area (Å²) in [5.41, 5.74) is 0. The average molecular weight is 1100 g/mol. The largest absolute Gasteiger partial charge is 0.466 e. The number of aliphatic hydroxyl groups is 2. The number of aliphatic hydroxyl groups excluding tert-OH is 2. The molecule has 0 aliphatic carbocycles. The fraction of sp³-hybridized carbons (Fsp3) is 0.889. The van der Waals surface area contributed by atoms with Gasteiger partial charge in [-0.15, -0.1) is 0 Å². The number of ether oxygens (including phenoxy) is 1. The third-order valence-corrected chi connectivity index (χ3v) is 16.4. The van der Waals surface area contributed by atoms with Crippen molar-refractivity contribution in [1.29, 1.82) is 0 Å². The van der Waals surface area contributed by atoms with Gasteiger partial charge in [-0.25, -0.2) is 0 Å². The monoisotopic (exact) mass is 1100 g/mol. The summed E-state index contributed by atoms with van der Waals surface area (Å²) in [6, 6.07) is -0.543. The molecule has 0 saturated heterocycles. The second kappa shape index (κ2) is 67.6. The van der Waals surface area contributed by atoms with Gasteiger partial charge < -0.3 is 20.3 Å². The van der Waals surface area contributed by atoms with E-state index in [0.717, 1.165) is 51.4 Å². The highest BCUT2D eigenvalue weighted by Gasteiger charge is 2.20. The maximum atomic E-state index is 12.5. The van der Waals surface area contributed by atoms with E-state index in [1.165, 1.54) is 302 Å². The van der Waals surface area contributed by atoms with Gasteiger partial charge in [0, 0.05) is 12.8 Å².